The first-order chi connectivity index (χ1) is 23.5. The number of nitrogens with one attached hydrogen (secondary N) is 2. The van der Waals surface area contributed by atoms with Crippen molar-refractivity contribution >= 4 is 54.1 Å². The Morgan fingerprint density at radius 1 is 0.688 bits per heavy atom. The van der Waals surface area contributed by atoms with Crippen LogP contribution in [-0.4, -0.2) is 31.2 Å². The summed E-state index contributed by atoms with van der Waals surface area (Å²) in [4.78, 5) is 9.21. The van der Waals surface area contributed by atoms with Gasteiger partial charge in [-0.2, -0.15) is 0 Å². The Bertz CT molecular complexity index is 1700. The number of halogens is 1. The van der Waals surface area contributed by atoms with E-state index in [9.17, 15) is 0 Å². The molecule has 0 aliphatic carbocycles. The van der Waals surface area contributed by atoms with Gasteiger partial charge in [0.1, 0.15) is 0 Å². The molecule has 0 aromatic heterocycles. The number of hydrogen-bond acceptors (Lipinski definition) is 4. The van der Waals surface area contributed by atoms with Crippen molar-refractivity contribution in [2.24, 2.45) is 15.7 Å². The van der Waals surface area contributed by atoms with Crippen LogP contribution in [0.3, 0.4) is 0 Å². The minimum atomic E-state index is -2.73. The summed E-state index contributed by atoms with van der Waals surface area (Å²) in [6.45, 7) is 1.32. The summed E-state index contributed by atoms with van der Waals surface area (Å²) < 4.78 is 3.46. The van der Waals surface area contributed by atoms with E-state index in [-0.39, 0.29) is 6.17 Å². The van der Waals surface area contributed by atoms with E-state index in [2.05, 4.69) is 146 Å². The van der Waals surface area contributed by atoms with Crippen molar-refractivity contribution in [3.05, 3.63) is 157 Å². The summed E-state index contributed by atoms with van der Waals surface area (Å²) in [6, 6.07) is 51.9. The van der Waals surface area contributed by atoms with E-state index in [4.69, 9.17) is 10.5 Å². The van der Waals surface area contributed by atoms with Gasteiger partial charge in [0.2, 0.25) is 0 Å². The molecule has 8 heteroatoms. The molecule has 0 radical (unpaired) electrons. The van der Waals surface area contributed by atoms with Crippen molar-refractivity contribution in [2.75, 3.05) is 19.3 Å². The smallest absolute Gasteiger partial charge is 0.297 e. The van der Waals surface area contributed by atoms with Crippen LogP contribution in [0.5, 0.6) is 5.75 Å². The predicted octanol–water partition coefficient (Wildman–Crippen LogP) is 7.22. The number of hydrogen-bond donors (Lipinski definition) is 3. The number of nitrogens with two attached hydrogens (primary N) is 1. The summed E-state index contributed by atoms with van der Waals surface area (Å²) >= 11 is 2.87. The van der Waals surface area contributed by atoms with E-state index in [0.717, 1.165) is 43.2 Å². The molecule has 4 N–H and O–H groups in total. The van der Waals surface area contributed by atoms with Crippen molar-refractivity contribution in [3.63, 3.8) is 0 Å². The van der Waals surface area contributed by atoms with E-state index in [1.54, 1.807) is 0 Å². The predicted molar refractivity (Wildman–Crippen MR) is 213 cm³/mol. The fraction of sp³-hybridized carbons (Fsp3) is 0.200. The van der Waals surface area contributed by atoms with Gasteiger partial charge in [0.15, 0.2) is 11.9 Å². The molecule has 0 fully saturated rings. The fourth-order valence-corrected chi connectivity index (χ4v) is 15.1. The van der Waals surface area contributed by atoms with Gasteiger partial charge in [-0.3, -0.25) is 10.3 Å². The Hall–Kier alpha value is -4.20. The number of unbranched alkanes of at least 4 members (excludes halogenated alkanes) is 2. The van der Waals surface area contributed by atoms with Crippen molar-refractivity contribution in [1.29, 1.82) is 0 Å². The van der Waals surface area contributed by atoms with Gasteiger partial charge in [0.25, 0.3) is 0 Å². The number of aliphatic imine (C=N–C) groups is 2. The molecule has 0 spiro atoms. The third-order valence-electron chi connectivity index (χ3n) is 8.87. The molecule has 0 saturated carbocycles. The molecule has 1 aliphatic heterocycles. The van der Waals surface area contributed by atoms with Crippen LogP contribution in [0.1, 0.15) is 36.6 Å². The summed E-state index contributed by atoms with van der Waals surface area (Å²) in [5, 5.41) is 10.7. The fourth-order valence-electron chi connectivity index (χ4n) is 6.35. The van der Waals surface area contributed by atoms with Crippen LogP contribution in [0.25, 0.3) is 0 Å². The van der Waals surface area contributed by atoms with Crippen LogP contribution in [0, 0.1) is 0 Å². The second-order valence-corrected chi connectivity index (χ2v) is 22.8. The van der Waals surface area contributed by atoms with Gasteiger partial charge in [-0.05, 0) is 12.0 Å². The van der Waals surface area contributed by atoms with Crippen molar-refractivity contribution in [3.8, 4) is 5.75 Å². The standard InChI is InChI=1S/C40H43IN5OP/c41-48(35-18-8-2-9-19-35,36-20-10-3-11-21-36,37-22-12-4-13-23-37)31-15-5-14-30-47-34-26-24-33(25-27-34)38-44-39(42)46-40(45-38)43-29-28-32-16-6-1-7-17-32/h1-4,6-13,16-27,38H,5,14-15,28-31H2,(H4,42,43,44,45,46). The van der Waals surface area contributed by atoms with E-state index in [1.165, 1.54) is 21.5 Å². The Morgan fingerprint density at radius 3 is 1.79 bits per heavy atom. The van der Waals surface area contributed by atoms with Crippen LogP contribution in [-0.2, 0) is 6.42 Å². The SMILES string of the molecule is NC1=NC(c2ccc(OCCCCCP(I)(c3ccccc3)(c3ccccc3)c3ccccc3)cc2)NC(=NCCc2ccccc2)N1. The molecule has 6 rings (SSSR count). The molecular weight excluding hydrogens is 724 g/mol. The van der Waals surface area contributed by atoms with Gasteiger partial charge in [-0.25, -0.2) is 0 Å². The monoisotopic (exact) mass is 767 g/mol. The van der Waals surface area contributed by atoms with Gasteiger partial charge >= 0.3 is 222 Å². The summed E-state index contributed by atoms with van der Waals surface area (Å²) in [6.07, 6.45) is 4.84. The van der Waals surface area contributed by atoms with E-state index in [0.29, 0.717) is 25.1 Å². The average molecular weight is 768 g/mol. The zero-order valence-electron chi connectivity index (χ0n) is 27.1. The Labute approximate surface area is 297 Å². The average Bonchev–Trinajstić information content (AvgIpc) is 3.14. The number of benzene rings is 5. The molecule has 1 atom stereocenters. The summed E-state index contributed by atoms with van der Waals surface area (Å²) in [7, 11) is 0. The number of nitrogens with zero attached hydrogens (tertiary/aromatic N) is 2. The summed E-state index contributed by atoms with van der Waals surface area (Å²) in [5.74, 6) is 1.84. The molecule has 0 saturated heterocycles. The van der Waals surface area contributed by atoms with Crippen LogP contribution < -0.4 is 37.0 Å². The molecule has 6 nitrogen and oxygen atoms in total. The van der Waals surface area contributed by atoms with Crippen LogP contribution >= 0.6 is 26.3 Å². The first kappa shape index (κ1) is 33.7. The van der Waals surface area contributed by atoms with E-state index >= 15 is 0 Å². The topological polar surface area (TPSA) is 84.0 Å². The van der Waals surface area contributed by atoms with Gasteiger partial charge in [-0.1, -0.05) is 30.3 Å². The molecule has 1 unspecified atom stereocenters. The third kappa shape index (κ3) is 7.74. The minimum absolute atomic E-state index is 0.306. The number of guanidine groups is 2. The van der Waals surface area contributed by atoms with Crippen LogP contribution in [0.4, 0.5) is 0 Å². The Balaban J connectivity index is 1.05. The van der Waals surface area contributed by atoms with Gasteiger partial charge in [-0.15, -0.1) is 0 Å². The van der Waals surface area contributed by atoms with Crippen LogP contribution in [0.2, 0.25) is 0 Å². The van der Waals surface area contributed by atoms with E-state index in [1.807, 2.05) is 42.5 Å². The second kappa shape index (κ2) is 15.8. The molecule has 246 valence electrons. The third-order valence-corrected chi connectivity index (χ3v) is 20.6. The molecule has 1 heterocycles. The van der Waals surface area contributed by atoms with Gasteiger partial charge in [0.05, 0.1) is 0 Å². The van der Waals surface area contributed by atoms with Crippen LogP contribution in [0.15, 0.2) is 156 Å². The zero-order valence-corrected chi connectivity index (χ0v) is 30.1. The van der Waals surface area contributed by atoms with E-state index < -0.39 is 4.25 Å². The Kier molecular flexibility index (Phi) is 11.1. The van der Waals surface area contributed by atoms with Gasteiger partial charge in [0, 0.05) is 6.54 Å². The molecule has 5 aromatic carbocycles. The normalized spacial score (nSPS) is 16.2. The number of rotatable bonds is 14. The molecule has 0 amide bonds. The Morgan fingerprint density at radius 2 is 1.23 bits per heavy atom. The molecule has 0 bridgehead atoms. The second-order valence-electron chi connectivity index (χ2n) is 12.0. The van der Waals surface area contributed by atoms with Crippen molar-refractivity contribution in [1.82, 2.24) is 10.6 Å². The van der Waals surface area contributed by atoms with Gasteiger partial charge < -0.3 is 5.73 Å². The molecule has 5 aromatic rings. The number of ether oxygens (including phenoxy) is 1. The van der Waals surface area contributed by atoms with Crippen molar-refractivity contribution < 1.29 is 4.74 Å². The first-order valence-corrected chi connectivity index (χ1v) is 21.8. The summed E-state index contributed by atoms with van der Waals surface area (Å²) in [5.41, 5.74) is 8.35. The maximum atomic E-state index is 6.19. The molecule has 1 aliphatic rings. The molecular formula is C40H43IN5OP. The maximum absolute atomic E-state index is 6.19. The molecule has 48 heavy (non-hydrogen) atoms. The minimum Gasteiger partial charge on any atom is -0.297 e. The van der Waals surface area contributed by atoms with Crippen molar-refractivity contribution in [2.45, 2.75) is 31.8 Å². The quantitative estimate of drug-likeness (QED) is 0.0634. The zero-order chi connectivity index (χ0) is 33.1. The first-order valence-electron chi connectivity index (χ1n) is 16.6.